The third kappa shape index (κ3) is 2.91. The third-order valence-electron chi connectivity index (χ3n) is 3.29. The first-order valence-electron chi connectivity index (χ1n) is 5.92. The van der Waals surface area contributed by atoms with Gasteiger partial charge in [-0.3, -0.25) is 4.79 Å². The maximum absolute atomic E-state index is 12.0. The molecule has 17 heavy (non-hydrogen) atoms. The highest BCUT2D eigenvalue weighted by Crippen LogP contribution is 2.25. The molecule has 2 unspecified atom stereocenters. The lowest BCUT2D eigenvalue weighted by molar-refractivity contribution is 0.0937. The van der Waals surface area contributed by atoms with E-state index >= 15 is 0 Å². The summed E-state index contributed by atoms with van der Waals surface area (Å²) in [6.07, 6.45) is 3.32. The van der Waals surface area contributed by atoms with Gasteiger partial charge < -0.3 is 11.1 Å². The van der Waals surface area contributed by atoms with Crippen molar-refractivity contribution in [3.63, 3.8) is 0 Å². The van der Waals surface area contributed by atoms with Gasteiger partial charge in [-0.15, -0.1) is 0 Å². The lowest BCUT2D eigenvalue weighted by atomic mass is 10.1. The van der Waals surface area contributed by atoms with E-state index in [4.69, 9.17) is 17.3 Å². The maximum atomic E-state index is 12.0. The fourth-order valence-electron chi connectivity index (χ4n) is 2.28. The molecule has 0 bridgehead atoms. The Balaban J connectivity index is 2.02. The standard InChI is InChI=1S/C13H17ClN2O/c1-8-2-4-10(6-8)16-13(17)9-3-5-12(15)11(14)7-9/h3,5,7-8,10H,2,4,6,15H2,1H3,(H,16,17). The van der Waals surface area contributed by atoms with E-state index in [9.17, 15) is 4.79 Å². The second-order valence-electron chi connectivity index (χ2n) is 4.82. The third-order valence-corrected chi connectivity index (χ3v) is 3.62. The molecule has 1 aliphatic carbocycles. The SMILES string of the molecule is CC1CCC(NC(=O)c2ccc(N)c(Cl)c2)C1. The number of rotatable bonds is 2. The molecule has 1 saturated carbocycles. The Morgan fingerprint density at radius 2 is 2.24 bits per heavy atom. The zero-order valence-corrected chi connectivity index (χ0v) is 10.6. The summed E-state index contributed by atoms with van der Waals surface area (Å²) >= 11 is 5.89. The van der Waals surface area contributed by atoms with Crippen molar-refractivity contribution in [2.45, 2.75) is 32.2 Å². The average Bonchev–Trinajstić information content (AvgIpc) is 2.68. The second-order valence-corrected chi connectivity index (χ2v) is 5.23. The van der Waals surface area contributed by atoms with E-state index in [1.54, 1.807) is 18.2 Å². The Morgan fingerprint density at radius 1 is 1.47 bits per heavy atom. The molecule has 0 radical (unpaired) electrons. The summed E-state index contributed by atoms with van der Waals surface area (Å²) in [5, 5.41) is 3.46. The number of nitrogens with two attached hydrogens (primary N) is 1. The van der Waals surface area contributed by atoms with Crippen molar-refractivity contribution in [1.29, 1.82) is 0 Å². The maximum Gasteiger partial charge on any atom is 0.251 e. The van der Waals surface area contributed by atoms with Gasteiger partial charge in [-0.05, 0) is 43.4 Å². The summed E-state index contributed by atoms with van der Waals surface area (Å²) in [5.41, 5.74) is 6.68. The number of hydrogen-bond acceptors (Lipinski definition) is 2. The van der Waals surface area contributed by atoms with E-state index in [1.807, 2.05) is 0 Å². The molecule has 0 aromatic heterocycles. The summed E-state index contributed by atoms with van der Waals surface area (Å²) in [6.45, 7) is 2.21. The van der Waals surface area contributed by atoms with Crippen molar-refractivity contribution in [2.75, 3.05) is 5.73 Å². The van der Waals surface area contributed by atoms with Crippen molar-refractivity contribution in [2.24, 2.45) is 5.92 Å². The van der Waals surface area contributed by atoms with E-state index < -0.39 is 0 Å². The van der Waals surface area contributed by atoms with E-state index in [1.165, 1.54) is 6.42 Å². The van der Waals surface area contributed by atoms with Gasteiger partial charge in [-0.25, -0.2) is 0 Å². The molecule has 2 rings (SSSR count). The van der Waals surface area contributed by atoms with E-state index in [2.05, 4.69) is 12.2 Å². The van der Waals surface area contributed by atoms with Crippen LogP contribution in [0.1, 0.15) is 36.5 Å². The summed E-state index contributed by atoms with van der Waals surface area (Å²) < 4.78 is 0. The molecule has 3 nitrogen and oxygen atoms in total. The largest absolute Gasteiger partial charge is 0.398 e. The van der Waals surface area contributed by atoms with Crippen molar-refractivity contribution in [3.8, 4) is 0 Å². The van der Waals surface area contributed by atoms with Crippen LogP contribution < -0.4 is 11.1 Å². The molecule has 0 spiro atoms. The van der Waals surface area contributed by atoms with Crippen LogP contribution in [-0.2, 0) is 0 Å². The number of nitrogens with one attached hydrogen (secondary N) is 1. The Morgan fingerprint density at radius 3 is 2.82 bits per heavy atom. The predicted octanol–water partition coefficient (Wildman–Crippen LogP) is 2.84. The number of anilines is 1. The first-order valence-corrected chi connectivity index (χ1v) is 6.30. The summed E-state index contributed by atoms with van der Waals surface area (Å²) in [5.74, 6) is 0.640. The quantitative estimate of drug-likeness (QED) is 0.796. The van der Waals surface area contributed by atoms with Crippen LogP contribution in [0.3, 0.4) is 0 Å². The van der Waals surface area contributed by atoms with Crippen molar-refractivity contribution in [1.82, 2.24) is 5.32 Å². The number of carbonyl (C=O) groups excluding carboxylic acids is 1. The minimum atomic E-state index is -0.0639. The van der Waals surface area contributed by atoms with Crippen LogP contribution in [0.15, 0.2) is 18.2 Å². The average molecular weight is 253 g/mol. The van der Waals surface area contributed by atoms with Gasteiger partial charge in [0.1, 0.15) is 0 Å². The summed E-state index contributed by atoms with van der Waals surface area (Å²) in [7, 11) is 0. The molecule has 1 fully saturated rings. The summed E-state index contributed by atoms with van der Waals surface area (Å²) in [6, 6.07) is 5.28. The van der Waals surface area contributed by atoms with Crippen LogP contribution in [0.5, 0.6) is 0 Å². The van der Waals surface area contributed by atoms with Gasteiger partial charge in [0, 0.05) is 11.6 Å². The lowest BCUT2D eigenvalue weighted by Gasteiger charge is -2.12. The van der Waals surface area contributed by atoms with Gasteiger partial charge in [0.05, 0.1) is 10.7 Å². The topological polar surface area (TPSA) is 55.1 Å². The highest BCUT2D eigenvalue weighted by atomic mass is 35.5. The number of nitrogen functional groups attached to an aromatic ring is 1. The Hall–Kier alpha value is -1.22. The molecule has 1 amide bonds. The van der Waals surface area contributed by atoms with Crippen LogP contribution >= 0.6 is 11.6 Å². The Bertz CT molecular complexity index is 433. The monoisotopic (exact) mass is 252 g/mol. The smallest absolute Gasteiger partial charge is 0.251 e. The molecule has 4 heteroatoms. The van der Waals surface area contributed by atoms with E-state index in [-0.39, 0.29) is 5.91 Å². The van der Waals surface area contributed by atoms with Gasteiger partial charge in [0.25, 0.3) is 5.91 Å². The van der Waals surface area contributed by atoms with Gasteiger partial charge in [0.2, 0.25) is 0 Å². The highest BCUT2D eigenvalue weighted by molar-refractivity contribution is 6.33. The predicted molar refractivity (Wildman–Crippen MR) is 70.1 cm³/mol. The highest BCUT2D eigenvalue weighted by Gasteiger charge is 2.23. The number of carbonyl (C=O) groups is 1. The molecule has 3 N–H and O–H groups in total. The number of hydrogen-bond donors (Lipinski definition) is 2. The van der Waals surface area contributed by atoms with Crippen LogP contribution in [0.25, 0.3) is 0 Å². The van der Waals surface area contributed by atoms with E-state index in [0.717, 1.165) is 12.8 Å². The molecular weight excluding hydrogens is 236 g/mol. The van der Waals surface area contributed by atoms with Crippen molar-refractivity contribution >= 4 is 23.2 Å². The van der Waals surface area contributed by atoms with E-state index in [0.29, 0.717) is 28.2 Å². The molecular formula is C13H17ClN2O. The van der Waals surface area contributed by atoms with Crippen LogP contribution in [0, 0.1) is 5.92 Å². The van der Waals surface area contributed by atoms with Crippen LogP contribution in [-0.4, -0.2) is 11.9 Å². The number of amides is 1. The fraction of sp³-hybridized carbons (Fsp3) is 0.462. The van der Waals surface area contributed by atoms with Crippen molar-refractivity contribution < 1.29 is 4.79 Å². The number of halogens is 1. The van der Waals surface area contributed by atoms with Gasteiger partial charge in [0.15, 0.2) is 0 Å². The molecule has 1 aromatic rings. The number of benzene rings is 1. The molecule has 0 heterocycles. The fourth-order valence-corrected chi connectivity index (χ4v) is 2.46. The molecule has 0 saturated heterocycles. The zero-order chi connectivity index (χ0) is 12.4. The van der Waals surface area contributed by atoms with Crippen molar-refractivity contribution in [3.05, 3.63) is 28.8 Å². The lowest BCUT2D eigenvalue weighted by Crippen LogP contribution is -2.32. The second kappa shape index (κ2) is 4.96. The first-order chi connectivity index (χ1) is 8.06. The Kier molecular flexibility index (Phi) is 3.57. The first kappa shape index (κ1) is 12.2. The minimum absolute atomic E-state index is 0.0639. The molecule has 92 valence electrons. The molecule has 1 aliphatic rings. The molecule has 1 aromatic carbocycles. The normalized spacial score (nSPS) is 23.6. The molecule has 2 atom stereocenters. The van der Waals surface area contributed by atoms with Gasteiger partial charge in [-0.2, -0.15) is 0 Å². The Labute approximate surface area is 106 Å². The van der Waals surface area contributed by atoms with Crippen LogP contribution in [0.4, 0.5) is 5.69 Å². The summed E-state index contributed by atoms with van der Waals surface area (Å²) in [4.78, 5) is 12.0. The van der Waals surface area contributed by atoms with Gasteiger partial charge in [-0.1, -0.05) is 18.5 Å². The minimum Gasteiger partial charge on any atom is -0.398 e. The zero-order valence-electron chi connectivity index (χ0n) is 9.87. The molecule has 0 aliphatic heterocycles. The van der Waals surface area contributed by atoms with Crippen LogP contribution in [0.2, 0.25) is 5.02 Å². The van der Waals surface area contributed by atoms with Gasteiger partial charge >= 0.3 is 0 Å².